The molecule has 1 rings (SSSR count). The van der Waals surface area contributed by atoms with Crippen LogP contribution in [-0.4, -0.2) is 24.5 Å². The Morgan fingerprint density at radius 3 is 2.52 bits per heavy atom. The van der Waals surface area contributed by atoms with Gasteiger partial charge in [0, 0.05) is 24.8 Å². The van der Waals surface area contributed by atoms with Crippen molar-refractivity contribution in [3.05, 3.63) is 23.4 Å². The maximum Gasteiger partial charge on any atom is 0.251 e. The first-order valence-electron chi connectivity index (χ1n) is 7.77. The predicted octanol–water partition coefficient (Wildman–Crippen LogP) is 3.49. The van der Waals surface area contributed by atoms with Gasteiger partial charge in [-0.3, -0.25) is 4.79 Å². The first kappa shape index (κ1) is 17.5. The molecule has 0 spiro atoms. The quantitative estimate of drug-likeness (QED) is 0.808. The summed E-state index contributed by atoms with van der Waals surface area (Å²) >= 11 is 0. The molecule has 0 bridgehead atoms. The zero-order valence-electron chi connectivity index (χ0n) is 14.2. The maximum atomic E-state index is 12.4. The normalized spacial score (nSPS) is 11.6. The largest absolute Gasteiger partial charge is 0.373 e. The van der Waals surface area contributed by atoms with Crippen LogP contribution in [0.2, 0.25) is 0 Å². The predicted molar refractivity (Wildman–Crippen MR) is 88.7 cm³/mol. The average molecular weight is 291 g/mol. The number of nitrogens with one attached hydrogen (secondary N) is 2. The Labute approximate surface area is 128 Å². The number of nitrogens with zero attached hydrogens (tertiary/aromatic N) is 1. The highest BCUT2D eigenvalue weighted by Gasteiger charge is 2.23. The van der Waals surface area contributed by atoms with Crippen LogP contribution >= 0.6 is 0 Å². The second-order valence-corrected chi connectivity index (χ2v) is 6.56. The molecule has 4 heteroatoms. The average Bonchev–Trinajstić information content (AvgIpc) is 2.44. The molecule has 0 radical (unpaired) electrons. The van der Waals surface area contributed by atoms with Gasteiger partial charge in [-0.05, 0) is 29.9 Å². The van der Waals surface area contributed by atoms with Gasteiger partial charge in [-0.15, -0.1) is 0 Å². The molecule has 0 aliphatic rings. The van der Waals surface area contributed by atoms with Gasteiger partial charge in [-0.1, -0.05) is 41.0 Å². The highest BCUT2D eigenvalue weighted by molar-refractivity contribution is 5.95. The second kappa shape index (κ2) is 7.43. The summed E-state index contributed by atoms with van der Waals surface area (Å²) in [4.78, 5) is 16.8. The fourth-order valence-electron chi connectivity index (χ4n) is 1.85. The third kappa shape index (κ3) is 5.03. The molecule has 0 atom stereocenters. The minimum absolute atomic E-state index is 0.0278. The van der Waals surface area contributed by atoms with Crippen molar-refractivity contribution in [1.82, 2.24) is 10.3 Å². The molecule has 0 fully saturated rings. The molecule has 1 heterocycles. The van der Waals surface area contributed by atoms with Gasteiger partial charge in [0.1, 0.15) is 5.82 Å². The van der Waals surface area contributed by atoms with Gasteiger partial charge in [0.15, 0.2) is 0 Å². The van der Waals surface area contributed by atoms with Crippen LogP contribution in [0, 0.1) is 11.3 Å². The molecule has 1 amide bonds. The molecule has 0 saturated carbocycles. The van der Waals surface area contributed by atoms with Crippen molar-refractivity contribution < 1.29 is 4.79 Å². The van der Waals surface area contributed by atoms with E-state index in [9.17, 15) is 4.79 Å². The highest BCUT2D eigenvalue weighted by Crippen LogP contribution is 2.24. The molecular formula is C17H29N3O. The lowest BCUT2D eigenvalue weighted by Crippen LogP contribution is -2.37. The van der Waals surface area contributed by atoms with Crippen molar-refractivity contribution in [3.8, 4) is 0 Å². The van der Waals surface area contributed by atoms with Gasteiger partial charge < -0.3 is 10.6 Å². The molecule has 4 nitrogen and oxygen atoms in total. The molecule has 0 unspecified atom stereocenters. The lowest BCUT2D eigenvalue weighted by Gasteiger charge is -2.29. The molecule has 1 aromatic heterocycles. The maximum absolute atomic E-state index is 12.4. The lowest BCUT2D eigenvalue weighted by atomic mass is 9.81. The van der Waals surface area contributed by atoms with E-state index in [0.29, 0.717) is 18.0 Å². The van der Waals surface area contributed by atoms with Gasteiger partial charge in [0.2, 0.25) is 0 Å². The van der Waals surface area contributed by atoms with Crippen LogP contribution in [0.4, 0.5) is 5.82 Å². The molecule has 21 heavy (non-hydrogen) atoms. The number of rotatable bonds is 7. The summed E-state index contributed by atoms with van der Waals surface area (Å²) in [6, 6.07) is 3.69. The summed E-state index contributed by atoms with van der Waals surface area (Å²) in [5, 5.41) is 6.07. The zero-order valence-corrected chi connectivity index (χ0v) is 14.2. The van der Waals surface area contributed by atoms with E-state index >= 15 is 0 Å². The molecule has 0 saturated heterocycles. The van der Waals surface area contributed by atoms with E-state index in [2.05, 4.69) is 50.2 Å². The molecular weight excluding hydrogens is 262 g/mol. The standard InChI is InChI=1S/C17H29N3O/c1-7-8-14-9-13(10-15(18-6)20-14)16(21)19-11-17(4,5)12(2)3/h9-10,12H,7-8,11H2,1-6H3,(H,18,20)(H,19,21). The molecule has 1 aromatic rings. The van der Waals surface area contributed by atoms with Crippen molar-refractivity contribution in [2.24, 2.45) is 11.3 Å². The number of aromatic nitrogens is 1. The summed E-state index contributed by atoms with van der Waals surface area (Å²) in [5.74, 6) is 1.23. The van der Waals surface area contributed by atoms with Gasteiger partial charge >= 0.3 is 0 Å². The molecule has 0 aromatic carbocycles. The van der Waals surface area contributed by atoms with Crippen LogP contribution in [-0.2, 0) is 6.42 Å². The Morgan fingerprint density at radius 1 is 1.33 bits per heavy atom. The number of carbonyl (C=O) groups is 1. The smallest absolute Gasteiger partial charge is 0.251 e. The van der Waals surface area contributed by atoms with Crippen molar-refractivity contribution in [2.75, 3.05) is 18.9 Å². The van der Waals surface area contributed by atoms with E-state index in [1.807, 2.05) is 13.1 Å². The summed E-state index contributed by atoms with van der Waals surface area (Å²) in [5.41, 5.74) is 1.72. The van der Waals surface area contributed by atoms with Crippen LogP contribution < -0.4 is 10.6 Å². The molecule has 0 aliphatic heterocycles. The summed E-state index contributed by atoms with van der Waals surface area (Å²) in [6.07, 6.45) is 1.90. The second-order valence-electron chi connectivity index (χ2n) is 6.56. The minimum Gasteiger partial charge on any atom is -0.373 e. The fraction of sp³-hybridized carbons (Fsp3) is 0.647. The summed E-state index contributed by atoms with van der Waals surface area (Å²) < 4.78 is 0. The molecule has 2 N–H and O–H groups in total. The topological polar surface area (TPSA) is 54.0 Å². The first-order valence-corrected chi connectivity index (χ1v) is 7.77. The van der Waals surface area contributed by atoms with E-state index in [-0.39, 0.29) is 11.3 Å². The number of pyridine rings is 1. The minimum atomic E-state index is -0.0278. The number of aryl methyl sites for hydroxylation is 1. The number of amides is 1. The van der Waals surface area contributed by atoms with Crippen LogP contribution in [0.1, 0.15) is 57.1 Å². The van der Waals surface area contributed by atoms with E-state index in [4.69, 9.17) is 0 Å². The number of anilines is 1. The number of hydrogen-bond donors (Lipinski definition) is 2. The van der Waals surface area contributed by atoms with E-state index in [1.54, 1.807) is 6.07 Å². The Morgan fingerprint density at radius 2 is 2.00 bits per heavy atom. The lowest BCUT2D eigenvalue weighted by molar-refractivity contribution is 0.0924. The summed E-state index contributed by atoms with van der Waals surface area (Å²) in [6.45, 7) is 11.5. The van der Waals surface area contributed by atoms with Gasteiger partial charge in [-0.2, -0.15) is 0 Å². The third-order valence-corrected chi connectivity index (χ3v) is 4.17. The van der Waals surface area contributed by atoms with Crippen LogP contribution in [0.15, 0.2) is 12.1 Å². The SMILES string of the molecule is CCCc1cc(C(=O)NCC(C)(C)C(C)C)cc(NC)n1. The Hall–Kier alpha value is -1.58. The van der Waals surface area contributed by atoms with Gasteiger partial charge in [0.05, 0.1) is 0 Å². The number of carbonyl (C=O) groups excluding carboxylic acids is 1. The zero-order chi connectivity index (χ0) is 16.0. The first-order chi connectivity index (χ1) is 9.80. The van der Waals surface area contributed by atoms with Crippen molar-refractivity contribution >= 4 is 11.7 Å². The number of hydrogen-bond acceptors (Lipinski definition) is 3. The Kier molecular flexibility index (Phi) is 6.19. The molecule has 118 valence electrons. The van der Waals surface area contributed by atoms with Crippen molar-refractivity contribution in [3.63, 3.8) is 0 Å². The van der Waals surface area contributed by atoms with E-state index < -0.39 is 0 Å². The fourth-order valence-corrected chi connectivity index (χ4v) is 1.85. The third-order valence-electron chi connectivity index (χ3n) is 4.17. The molecule has 0 aliphatic carbocycles. The van der Waals surface area contributed by atoms with Gasteiger partial charge in [0.25, 0.3) is 5.91 Å². The van der Waals surface area contributed by atoms with E-state index in [1.165, 1.54) is 0 Å². The van der Waals surface area contributed by atoms with Crippen molar-refractivity contribution in [2.45, 2.75) is 47.5 Å². The van der Waals surface area contributed by atoms with Crippen LogP contribution in [0.3, 0.4) is 0 Å². The van der Waals surface area contributed by atoms with Crippen molar-refractivity contribution in [1.29, 1.82) is 0 Å². The highest BCUT2D eigenvalue weighted by atomic mass is 16.1. The Balaban J connectivity index is 2.84. The van der Waals surface area contributed by atoms with Crippen LogP contribution in [0.5, 0.6) is 0 Å². The Bertz CT molecular complexity index is 481. The monoisotopic (exact) mass is 291 g/mol. The van der Waals surface area contributed by atoms with E-state index in [0.717, 1.165) is 24.4 Å². The van der Waals surface area contributed by atoms with Crippen LogP contribution in [0.25, 0.3) is 0 Å². The summed E-state index contributed by atoms with van der Waals surface area (Å²) in [7, 11) is 1.82. The van der Waals surface area contributed by atoms with Gasteiger partial charge in [-0.25, -0.2) is 4.98 Å².